The standard InChI is InChI=1S/C10H13F5O4/c11-3-5-19-9(12,10(13,14)15)8(16)18-6-7-2-1-4-17-7/h7H,1-6H2. The lowest BCUT2D eigenvalue weighted by molar-refractivity contribution is -0.324. The van der Waals surface area contributed by atoms with Gasteiger partial charge in [0.2, 0.25) is 0 Å². The van der Waals surface area contributed by atoms with Gasteiger partial charge in [0.15, 0.2) is 0 Å². The van der Waals surface area contributed by atoms with E-state index in [-0.39, 0.29) is 0 Å². The van der Waals surface area contributed by atoms with Crippen molar-refractivity contribution >= 4 is 5.97 Å². The van der Waals surface area contributed by atoms with Crippen LogP contribution in [0.1, 0.15) is 12.8 Å². The zero-order valence-corrected chi connectivity index (χ0v) is 9.84. The second kappa shape index (κ2) is 6.47. The second-order valence-electron chi connectivity index (χ2n) is 3.86. The van der Waals surface area contributed by atoms with Gasteiger partial charge in [0, 0.05) is 6.61 Å². The first-order valence-corrected chi connectivity index (χ1v) is 5.55. The van der Waals surface area contributed by atoms with Gasteiger partial charge >= 0.3 is 18.0 Å². The average molecular weight is 292 g/mol. The predicted molar refractivity (Wildman–Crippen MR) is 51.8 cm³/mol. The number of hydrogen-bond acceptors (Lipinski definition) is 4. The third kappa shape index (κ3) is 4.00. The molecule has 0 bridgehead atoms. The highest BCUT2D eigenvalue weighted by molar-refractivity contribution is 5.78. The van der Waals surface area contributed by atoms with E-state index >= 15 is 0 Å². The van der Waals surface area contributed by atoms with Gasteiger partial charge in [-0.2, -0.15) is 17.6 Å². The van der Waals surface area contributed by atoms with Crippen LogP contribution in [0.4, 0.5) is 22.0 Å². The van der Waals surface area contributed by atoms with Gasteiger partial charge in [-0.3, -0.25) is 0 Å². The Balaban J connectivity index is 2.60. The normalized spacial score (nSPS) is 23.1. The molecule has 1 aliphatic rings. The van der Waals surface area contributed by atoms with Crippen molar-refractivity contribution < 1.29 is 41.0 Å². The molecule has 19 heavy (non-hydrogen) atoms. The van der Waals surface area contributed by atoms with Crippen LogP contribution in [0.2, 0.25) is 0 Å². The Morgan fingerprint density at radius 3 is 2.47 bits per heavy atom. The molecule has 4 nitrogen and oxygen atoms in total. The van der Waals surface area contributed by atoms with Crippen LogP contribution in [-0.2, 0) is 19.0 Å². The number of rotatable bonds is 6. The largest absolute Gasteiger partial charge is 0.460 e. The van der Waals surface area contributed by atoms with Crippen LogP contribution in [0.15, 0.2) is 0 Å². The molecule has 0 amide bonds. The van der Waals surface area contributed by atoms with E-state index in [0.29, 0.717) is 19.4 Å². The van der Waals surface area contributed by atoms with E-state index < -0.39 is 44.0 Å². The average Bonchev–Trinajstić information content (AvgIpc) is 2.84. The zero-order chi connectivity index (χ0) is 14.5. The quantitative estimate of drug-likeness (QED) is 0.554. The molecule has 2 unspecified atom stereocenters. The van der Waals surface area contributed by atoms with E-state index in [4.69, 9.17) is 4.74 Å². The lowest BCUT2D eigenvalue weighted by atomic mass is 10.2. The molecular formula is C10H13F5O4. The molecule has 1 saturated heterocycles. The first-order chi connectivity index (χ1) is 8.81. The fourth-order valence-electron chi connectivity index (χ4n) is 1.47. The first-order valence-electron chi connectivity index (χ1n) is 5.55. The van der Waals surface area contributed by atoms with Crippen molar-refractivity contribution in [3.63, 3.8) is 0 Å². The molecule has 1 aliphatic heterocycles. The summed E-state index contributed by atoms with van der Waals surface area (Å²) >= 11 is 0. The lowest BCUT2D eigenvalue weighted by Gasteiger charge is -2.25. The van der Waals surface area contributed by atoms with Crippen molar-refractivity contribution in [2.24, 2.45) is 0 Å². The summed E-state index contributed by atoms with van der Waals surface area (Å²) in [5, 5.41) is 0. The fourth-order valence-corrected chi connectivity index (χ4v) is 1.47. The SMILES string of the molecule is O=C(OCC1CCCO1)C(F)(OCCF)C(F)(F)F. The smallest absolute Gasteiger partial charge is 0.458 e. The maximum absolute atomic E-state index is 13.5. The molecule has 0 aliphatic carbocycles. The molecule has 0 aromatic carbocycles. The van der Waals surface area contributed by atoms with E-state index in [1.54, 1.807) is 0 Å². The van der Waals surface area contributed by atoms with Crippen LogP contribution in [0.25, 0.3) is 0 Å². The van der Waals surface area contributed by atoms with E-state index in [0.717, 1.165) is 0 Å². The van der Waals surface area contributed by atoms with Gasteiger partial charge in [0.25, 0.3) is 0 Å². The summed E-state index contributed by atoms with van der Waals surface area (Å²) in [5.41, 5.74) is 0. The summed E-state index contributed by atoms with van der Waals surface area (Å²) in [6.07, 6.45) is -5.01. The first kappa shape index (κ1) is 16.1. The minimum absolute atomic E-state index is 0.403. The van der Waals surface area contributed by atoms with E-state index in [1.807, 2.05) is 0 Å². The molecular weight excluding hydrogens is 279 g/mol. The number of carbonyl (C=O) groups excluding carboxylic acids is 1. The number of alkyl halides is 5. The summed E-state index contributed by atoms with van der Waals surface area (Å²) in [6.45, 7) is -2.66. The summed E-state index contributed by atoms with van der Waals surface area (Å²) in [4.78, 5) is 11.2. The van der Waals surface area contributed by atoms with Gasteiger partial charge in [-0.1, -0.05) is 0 Å². The molecule has 1 rings (SSSR count). The minimum Gasteiger partial charge on any atom is -0.458 e. The van der Waals surface area contributed by atoms with Crippen molar-refractivity contribution in [2.45, 2.75) is 31.0 Å². The molecule has 112 valence electrons. The fraction of sp³-hybridized carbons (Fsp3) is 0.900. The summed E-state index contributed by atoms with van der Waals surface area (Å²) < 4.78 is 75.4. The summed E-state index contributed by atoms with van der Waals surface area (Å²) in [6, 6.07) is 0. The van der Waals surface area contributed by atoms with Gasteiger partial charge in [-0.15, -0.1) is 0 Å². The van der Waals surface area contributed by atoms with Gasteiger partial charge in [0.1, 0.15) is 13.3 Å². The molecule has 2 atom stereocenters. The van der Waals surface area contributed by atoms with Crippen LogP contribution in [-0.4, -0.2) is 50.6 Å². The molecule has 0 saturated carbocycles. The van der Waals surface area contributed by atoms with Gasteiger partial charge in [0.05, 0.1) is 12.7 Å². The van der Waals surface area contributed by atoms with Crippen LogP contribution < -0.4 is 0 Å². The lowest BCUT2D eigenvalue weighted by Crippen LogP contribution is -2.52. The molecule has 0 radical (unpaired) electrons. The molecule has 0 spiro atoms. The monoisotopic (exact) mass is 292 g/mol. The Morgan fingerprint density at radius 1 is 1.32 bits per heavy atom. The number of hydrogen-bond donors (Lipinski definition) is 0. The molecule has 1 fully saturated rings. The van der Waals surface area contributed by atoms with E-state index in [1.165, 1.54) is 0 Å². The Hall–Kier alpha value is -0.960. The van der Waals surface area contributed by atoms with E-state index in [9.17, 15) is 26.7 Å². The van der Waals surface area contributed by atoms with Crippen molar-refractivity contribution in [1.29, 1.82) is 0 Å². The van der Waals surface area contributed by atoms with Gasteiger partial charge < -0.3 is 14.2 Å². The molecule has 0 aromatic heterocycles. The zero-order valence-electron chi connectivity index (χ0n) is 9.84. The molecule has 1 heterocycles. The van der Waals surface area contributed by atoms with Gasteiger partial charge in [-0.05, 0) is 12.8 Å². The highest BCUT2D eigenvalue weighted by atomic mass is 19.4. The number of esters is 1. The highest BCUT2D eigenvalue weighted by Gasteiger charge is 2.65. The van der Waals surface area contributed by atoms with Crippen LogP contribution >= 0.6 is 0 Å². The van der Waals surface area contributed by atoms with Crippen molar-refractivity contribution in [3.05, 3.63) is 0 Å². The maximum Gasteiger partial charge on any atom is 0.460 e. The Labute approximate surface area is 105 Å². The predicted octanol–water partition coefficient (Wildman–Crippen LogP) is 1.92. The van der Waals surface area contributed by atoms with Crippen molar-refractivity contribution in [2.75, 3.05) is 26.5 Å². The minimum atomic E-state index is -5.64. The molecule has 0 N–H and O–H groups in total. The number of carbonyl (C=O) groups is 1. The summed E-state index contributed by atoms with van der Waals surface area (Å²) in [7, 11) is 0. The van der Waals surface area contributed by atoms with Crippen LogP contribution in [0.5, 0.6) is 0 Å². The van der Waals surface area contributed by atoms with Crippen molar-refractivity contribution in [3.8, 4) is 0 Å². The third-order valence-electron chi connectivity index (χ3n) is 2.43. The van der Waals surface area contributed by atoms with Gasteiger partial charge in [-0.25, -0.2) is 9.18 Å². The topological polar surface area (TPSA) is 44.8 Å². The Bertz CT molecular complexity index is 303. The highest BCUT2D eigenvalue weighted by Crippen LogP contribution is 2.36. The third-order valence-corrected chi connectivity index (χ3v) is 2.43. The number of ether oxygens (including phenoxy) is 3. The summed E-state index contributed by atoms with van der Waals surface area (Å²) in [5.74, 6) is -6.90. The molecule has 0 aromatic rings. The van der Waals surface area contributed by atoms with Crippen LogP contribution in [0, 0.1) is 0 Å². The maximum atomic E-state index is 13.5. The molecule has 9 heteroatoms. The number of halogens is 5. The van der Waals surface area contributed by atoms with Crippen molar-refractivity contribution in [1.82, 2.24) is 0 Å². The van der Waals surface area contributed by atoms with E-state index in [2.05, 4.69) is 9.47 Å². The second-order valence-corrected chi connectivity index (χ2v) is 3.86. The van der Waals surface area contributed by atoms with Crippen LogP contribution in [0.3, 0.4) is 0 Å². The Morgan fingerprint density at radius 2 is 2.00 bits per heavy atom. The Kier molecular flexibility index (Phi) is 5.48.